The van der Waals surface area contributed by atoms with E-state index >= 15 is 0 Å². The summed E-state index contributed by atoms with van der Waals surface area (Å²) < 4.78 is 37.7. The van der Waals surface area contributed by atoms with E-state index in [1.807, 2.05) is 0 Å². The number of hydrogen-bond acceptors (Lipinski definition) is 3. The molecule has 5 nitrogen and oxygen atoms in total. The first-order valence-electron chi connectivity index (χ1n) is 6.88. The maximum Gasteiger partial charge on any atom is 0.416 e. The fourth-order valence-corrected chi connectivity index (χ4v) is 1.89. The van der Waals surface area contributed by atoms with Crippen molar-refractivity contribution in [1.82, 2.24) is 11.0 Å². The normalized spacial score (nSPS) is 11.0. The second kappa shape index (κ2) is 7.14. The van der Waals surface area contributed by atoms with E-state index in [-0.39, 0.29) is 5.69 Å². The molecule has 8 heteroatoms. The van der Waals surface area contributed by atoms with Crippen molar-refractivity contribution in [2.75, 3.05) is 5.01 Å². The molecule has 0 saturated carbocycles. The zero-order chi connectivity index (χ0) is 17.7. The molecule has 0 aliphatic rings. The van der Waals surface area contributed by atoms with E-state index in [2.05, 4.69) is 11.0 Å². The Kier molecular flexibility index (Phi) is 5.20. The van der Waals surface area contributed by atoms with Gasteiger partial charge in [-0.2, -0.15) is 13.2 Å². The Morgan fingerprint density at radius 2 is 1.54 bits per heavy atom. The van der Waals surface area contributed by atoms with E-state index in [9.17, 15) is 22.8 Å². The van der Waals surface area contributed by atoms with Crippen LogP contribution in [0, 0.1) is 0 Å². The topological polar surface area (TPSA) is 61.4 Å². The van der Waals surface area contributed by atoms with E-state index in [1.54, 1.807) is 30.3 Å². The molecular formula is C16H14F3N3O2. The lowest BCUT2D eigenvalue weighted by Crippen LogP contribution is -2.52. The lowest BCUT2D eigenvalue weighted by atomic mass is 10.2. The second-order valence-corrected chi connectivity index (χ2v) is 4.83. The summed E-state index contributed by atoms with van der Waals surface area (Å²) >= 11 is 0. The highest BCUT2D eigenvalue weighted by Gasteiger charge is 2.30. The van der Waals surface area contributed by atoms with Gasteiger partial charge < -0.3 is 0 Å². The third-order valence-corrected chi connectivity index (χ3v) is 3.08. The maximum atomic E-state index is 12.6. The van der Waals surface area contributed by atoms with Crippen molar-refractivity contribution in [3.05, 3.63) is 65.7 Å². The van der Waals surface area contributed by atoms with Crippen LogP contribution in [0.25, 0.3) is 0 Å². The van der Waals surface area contributed by atoms with E-state index in [0.717, 1.165) is 29.3 Å². The number of alkyl halides is 3. The quantitative estimate of drug-likeness (QED) is 0.844. The fraction of sp³-hybridized carbons (Fsp3) is 0.125. The summed E-state index contributed by atoms with van der Waals surface area (Å²) in [4.78, 5) is 23.6. The van der Waals surface area contributed by atoms with Crippen LogP contribution in [0.15, 0.2) is 54.6 Å². The zero-order valence-corrected chi connectivity index (χ0v) is 12.6. The van der Waals surface area contributed by atoms with Gasteiger partial charge in [0.15, 0.2) is 0 Å². The van der Waals surface area contributed by atoms with Crippen LogP contribution in [0.5, 0.6) is 0 Å². The Balaban J connectivity index is 2.10. The van der Waals surface area contributed by atoms with Crippen LogP contribution in [-0.4, -0.2) is 11.8 Å². The summed E-state index contributed by atoms with van der Waals surface area (Å²) in [6.45, 7) is 1.21. The van der Waals surface area contributed by atoms with Crippen LogP contribution < -0.4 is 16.0 Å². The molecule has 0 heterocycles. The van der Waals surface area contributed by atoms with Gasteiger partial charge in [0.1, 0.15) is 0 Å². The summed E-state index contributed by atoms with van der Waals surface area (Å²) in [5.41, 5.74) is 4.40. The molecule has 0 aliphatic carbocycles. The maximum absolute atomic E-state index is 12.6. The summed E-state index contributed by atoms with van der Waals surface area (Å²) in [5, 5.41) is 0.932. The molecule has 0 atom stereocenters. The van der Waals surface area contributed by atoms with Crippen LogP contribution in [0.2, 0.25) is 0 Å². The minimum atomic E-state index is -4.46. The largest absolute Gasteiger partial charge is 0.416 e. The number of rotatable bonds is 4. The van der Waals surface area contributed by atoms with Gasteiger partial charge in [0.2, 0.25) is 5.91 Å². The summed E-state index contributed by atoms with van der Waals surface area (Å²) in [6, 6.07) is 12.2. The Morgan fingerprint density at radius 3 is 2.04 bits per heavy atom. The minimum Gasteiger partial charge on any atom is -0.273 e. The molecule has 2 aromatic carbocycles. The average molecular weight is 337 g/mol. The number of hydrazine groups is 2. The molecule has 2 aromatic rings. The molecular weight excluding hydrogens is 323 g/mol. The molecule has 0 saturated heterocycles. The molecule has 0 bridgehead atoms. The van der Waals surface area contributed by atoms with E-state index < -0.39 is 23.6 Å². The molecule has 2 N–H and O–H groups in total. The number of carbonyl (C=O) groups is 2. The number of hydrogen-bond donors (Lipinski definition) is 2. The van der Waals surface area contributed by atoms with Gasteiger partial charge >= 0.3 is 6.18 Å². The average Bonchev–Trinajstić information content (AvgIpc) is 2.55. The first-order chi connectivity index (χ1) is 11.3. The Bertz CT molecular complexity index is 716. The van der Waals surface area contributed by atoms with Crippen molar-refractivity contribution in [2.24, 2.45) is 0 Å². The van der Waals surface area contributed by atoms with Crippen LogP contribution in [0.3, 0.4) is 0 Å². The Labute approximate surface area is 136 Å². The van der Waals surface area contributed by atoms with Gasteiger partial charge in [-0.15, -0.1) is 5.53 Å². The van der Waals surface area contributed by atoms with Crippen LogP contribution >= 0.6 is 0 Å². The zero-order valence-electron chi connectivity index (χ0n) is 12.6. The number of halogens is 3. The van der Waals surface area contributed by atoms with Crippen LogP contribution in [0.4, 0.5) is 18.9 Å². The van der Waals surface area contributed by atoms with Gasteiger partial charge in [0, 0.05) is 12.5 Å². The van der Waals surface area contributed by atoms with Gasteiger partial charge in [-0.25, -0.2) is 5.01 Å². The van der Waals surface area contributed by atoms with E-state index in [1.165, 1.54) is 6.92 Å². The van der Waals surface area contributed by atoms with Crippen molar-refractivity contribution >= 4 is 17.5 Å². The molecule has 24 heavy (non-hydrogen) atoms. The number of nitrogens with zero attached hydrogens (tertiary/aromatic N) is 1. The molecule has 0 spiro atoms. The lowest BCUT2D eigenvalue weighted by Gasteiger charge is -2.22. The molecule has 0 aliphatic heterocycles. The summed E-state index contributed by atoms with van der Waals surface area (Å²) in [5.74, 6) is -1.00. The van der Waals surface area contributed by atoms with Crippen molar-refractivity contribution in [1.29, 1.82) is 0 Å². The van der Waals surface area contributed by atoms with Crippen LogP contribution in [-0.2, 0) is 11.0 Å². The first-order valence-corrected chi connectivity index (χ1v) is 6.88. The minimum absolute atomic E-state index is 0.156. The van der Waals surface area contributed by atoms with E-state index in [0.29, 0.717) is 5.56 Å². The highest BCUT2D eigenvalue weighted by molar-refractivity contribution is 5.95. The standard InChI is InChI=1S/C16H14F3N3O2/c1-11(23)22(14-9-7-13(8-10-14)16(17,18)19)21-20-15(24)12-5-3-2-4-6-12/h2-10,21H,1H3,(H,20,24). The van der Waals surface area contributed by atoms with E-state index in [4.69, 9.17) is 0 Å². The van der Waals surface area contributed by atoms with Gasteiger partial charge in [0.05, 0.1) is 11.3 Å². The highest BCUT2D eigenvalue weighted by atomic mass is 19.4. The van der Waals surface area contributed by atoms with Crippen molar-refractivity contribution in [3.63, 3.8) is 0 Å². The third kappa shape index (κ3) is 4.32. The molecule has 126 valence electrons. The Hall–Kier alpha value is -2.87. The monoisotopic (exact) mass is 337 g/mol. The summed E-state index contributed by atoms with van der Waals surface area (Å²) in [6.07, 6.45) is -4.46. The highest BCUT2D eigenvalue weighted by Crippen LogP contribution is 2.30. The SMILES string of the molecule is CC(=O)N(NNC(=O)c1ccccc1)c1ccc(C(F)(F)F)cc1. The number of anilines is 1. The fourth-order valence-electron chi connectivity index (χ4n) is 1.89. The van der Waals surface area contributed by atoms with Gasteiger partial charge in [0.25, 0.3) is 5.91 Å². The summed E-state index contributed by atoms with van der Waals surface area (Å²) in [7, 11) is 0. The molecule has 0 fully saturated rings. The van der Waals surface area contributed by atoms with Gasteiger partial charge in [-0.1, -0.05) is 18.2 Å². The van der Waals surface area contributed by atoms with Crippen LogP contribution in [0.1, 0.15) is 22.8 Å². The lowest BCUT2D eigenvalue weighted by molar-refractivity contribution is -0.137. The predicted octanol–water partition coefficient (Wildman–Crippen LogP) is 2.91. The van der Waals surface area contributed by atoms with Gasteiger partial charge in [-0.05, 0) is 36.4 Å². The van der Waals surface area contributed by atoms with Crippen molar-refractivity contribution < 1.29 is 22.8 Å². The second-order valence-electron chi connectivity index (χ2n) is 4.83. The molecule has 0 unspecified atom stereocenters. The molecule has 0 radical (unpaired) electrons. The number of benzene rings is 2. The molecule has 0 aromatic heterocycles. The number of carbonyl (C=O) groups excluding carboxylic acids is 2. The predicted molar refractivity (Wildman–Crippen MR) is 81.6 cm³/mol. The van der Waals surface area contributed by atoms with Crippen molar-refractivity contribution in [3.8, 4) is 0 Å². The van der Waals surface area contributed by atoms with Crippen molar-refractivity contribution in [2.45, 2.75) is 13.1 Å². The Morgan fingerprint density at radius 1 is 0.958 bits per heavy atom. The third-order valence-electron chi connectivity index (χ3n) is 3.08. The molecule has 2 rings (SSSR count). The first kappa shape index (κ1) is 17.5. The number of nitrogens with one attached hydrogen (secondary N) is 2. The number of amides is 2. The molecule has 2 amide bonds. The smallest absolute Gasteiger partial charge is 0.273 e. The van der Waals surface area contributed by atoms with Gasteiger partial charge in [-0.3, -0.25) is 15.0 Å².